The molecule has 4 heteroatoms. The molecule has 0 radical (unpaired) electrons. The van der Waals surface area contributed by atoms with Gasteiger partial charge in [-0.3, -0.25) is 0 Å². The van der Waals surface area contributed by atoms with Crippen molar-refractivity contribution in [3.63, 3.8) is 0 Å². The number of hydrogen-bond acceptors (Lipinski definition) is 3. The summed E-state index contributed by atoms with van der Waals surface area (Å²) in [7, 11) is 0. The van der Waals surface area contributed by atoms with Gasteiger partial charge in [0.25, 0.3) is 0 Å². The number of rotatable bonds is 5. The molecule has 0 saturated carbocycles. The van der Waals surface area contributed by atoms with Crippen LogP contribution < -0.4 is 5.32 Å². The van der Waals surface area contributed by atoms with Gasteiger partial charge < -0.3 is 9.73 Å². The number of halogens is 1. The van der Waals surface area contributed by atoms with Gasteiger partial charge in [0.2, 0.25) is 5.89 Å². The van der Waals surface area contributed by atoms with Crippen molar-refractivity contribution in [1.29, 1.82) is 0 Å². The summed E-state index contributed by atoms with van der Waals surface area (Å²) in [6.07, 6.45) is 2.81. The van der Waals surface area contributed by atoms with Crippen molar-refractivity contribution in [1.82, 2.24) is 10.3 Å². The van der Waals surface area contributed by atoms with Crippen LogP contribution in [-0.4, -0.2) is 11.5 Å². The maximum Gasteiger partial charge on any atom is 0.208 e. The molecule has 0 aliphatic rings. The average Bonchev–Trinajstić information content (AvgIpc) is 2.79. The number of nitrogens with one attached hydrogen (secondary N) is 1. The van der Waals surface area contributed by atoms with Gasteiger partial charge in [-0.15, -0.1) is 0 Å². The van der Waals surface area contributed by atoms with Crippen molar-refractivity contribution in [2.24, 2.45) is 0 Å². The molecular formula is C13H15ClN2O. The molecule has 0 unspecified atom stereocenters. The molecule has 0 atom stereocenters. The van der Waals surface area contributed by atoms with E-state index in [0.717, 1.165) is 18.5 Å². The third-order valence-corrected chi connectivity index (χ3v) is 2.73. The summed E-state index contributed by atoms with van der Waals surface area (Å²) in [5.74, 6) is 1.40. The Hall–Kier alpha value is -1.32. The largest absolute Gasteiger partial charge is 0.439 e. The van der Waals surface area contributed by atoms with E-state index >= 15 is 0 Å². The van der Waals surface area contributed by atoms with Crippen LogP contribution in [0.2, 0.25) is 5.02 Å². The smallest absolute Gasteiger partial charge is 0.208 e. The minimum Gasteiger partial charge on any atom is -0.439 e. The SMILES string of the molecule is CCCNCc1ncc(-c2ccccc2Cl)o1. The van der Waals surface area contributed by atoms with E-state index in [0.29, 0.717) is 23.2 Å². The lowest BCUT2D eigenvalue weighted by atomic mass is 10.2. The van der Waals surface area contributed by atoms with Crippen LogP contribution in [0.1, 0.15) is 19.2 Å². The highest BCUT2D eigenvalue weighted by Crippen LogP contribution is 2.27. The molecule has 3 nitrogen and oxygen atoms in total. The Balaban J connectivity index is 2.10. The Bertz CT molecular complexity index is 482. The molecule has 0 saturated heterocycles. The molecule has 0 spiro atoms. The van der Waals surface area contributed by atoms with E-state index in [4.69, 9.17) is 16.0 Å². The standard InChI is InChI=1S/C13H15ClN2O/c1-2-7-15-9-13-16-8-12(17-13)10-5-3-4-6-11(10)14/h3-6,8,15H,2,7,9H2,1H3. The summed E-state index contributed by atoms with van der Waals surface area (Å²) in [6.45, 7) is 3.74. The van der Waals surface area contributed by atoms with E-state index in [-0.39, 0.29) is 0 Å². The van der Waals surface area contributed by atoms with E-state index in [2.05, 4.69) is 17.2 Å². The summed E-state index contributed by atoms with van der Waals surface area (Å²) in [6, 6.07) is 7.59. The van der Waals surface area contributed by atoms with Crippen molar-refractivity contribution < 1.29 is 4.42 Å². The highest BCUT2D eigenvalue weighted by atomic mass is 35.5. The molecule has 0 amide bonds. The minimum atomic E-state index is 0.651. The van der Waals surface area contributed by atoms with Crippen LogP contribution in [0.25, 0.3) is 11.3 Å². The number of nitrogens with zero attached hydrogens (tertiary/aromatic N) is 1. The highest BCUT2D eigenvalue weighted by molar-refractivity contribution is 6.33. The molecule has 2 rings (SSSR count). The third kappa shape index (κ3) is 3.08. The highest BCUT2D eigenvalue weighted by Gasteiger charge is 2.08. The maximum absolute atomic E-state index is 6.09. The van der Waals surface area contributed by atoms with Gasteiger partial charge in [0.05, 0.1) is 17.8 Å². The first-order valence-corrected chi connectivity index (χ1v) is 6.09. The Morgan fingerprint density at radius 2 is 2.18 bits per heavy atom. The molecule has 0 aliphatic heterocycles. The van der Waals surface area contributed by atoms with Gasteiger partial charge in [0.15, 0.2) is 5.76 Å². The second kappa shape index (κ2) is 5.84. The summed E-state index contributed by atoms with van der Waals surface area (Å²) in [5.41, 5.74) is 0.878. The maximum atomic E-state index is 6.09. The molecule has 17 heavy (non-hydrogen) atoms. The lowest BCUT2D eigenvalue weighted by Gasteiger charge is -1.99. The van der Waals surface area contributed by atoms with Crippen molar-refractivity contribution in [2.45, 2.75) is 19.9 Å². The van der Waals surface area contributed by atoms with Crippen molar-refractivity contribution in [3.05, 3.63) is 41.4 Å². The summed E-state index contributed by atoms with van der Waals surface area (Å²) >= 11 is 6.09. The quantitative estimate of drug-likeness (QED) is 0.826. The Labute approximate surface area is 106 Å². The third-order valence-electron chi connectivity index (χ3n) is 2.40. The van der Waals surface area contributed by atoms with Gasteiger partial charge in [-0.05, 0) is 25.1 Å². The first-order chi connectivity index (χ1) is 8.31. The zero-order valence-corrected chi connectivity index (χ0v) is 10.5. The van der Waals surface area contributed by atoms with Crippen molar-refractivity contribution in [3.8, 4) is 11.3 Å². The average molecular weight is 251 g/mol. The van der Waals surface area contributed by atoms with Gasteiger partial charge in [0, 0.05) is 5.56 Å². The number of hydrogen-bond donors (Lipinski definition) is 1. The fraction of sp³-hybridized carbons (Fsp3) is 0.308. The Morgan fingerprint density at radius 3 is 2.94 bits per heavy atom. The van der Waals surface area contributed by atoms with Crippen LogP contribution in [0, 0.1) is 0 Å². The number of benzene rings is 1. The Kier molecular flexibility index (Phi) is 4.18. The van der Waals surface area contributed by atoms with Crippen molar-refractivity contribution >= 4 is 11.6 Å². The minimum absolute atomic E-state index is 0.651. The Morgan fingerprint density at radius 1 is 1.35 bits per heavy atom. The van der Waals surface area contributed by atoms with Crippen LogP contribution in [0.3, 0.4) is 0 Å². The molecule has 1 aromatic carbocycles. The zero-order valence-electron chi connectivity index (χ0n) is 9.74. The summed E-state index contributed by atoms with van der Waals surface area (Å²) in [4.78, 5) is 4.22. The first kappa shape index (κ1) is 12.1. The predicted molar refractivity (Wildman–Crippen MR) is 68.9 cm³/mol. The second-order valence-corrected chi connectivity index (χ2v) is 4.18. The van der Waals surface area contributed by atoms with Gasteiger partial charge in [0.1, 0.15) is 0 Å². The normalized spacial score (nSPS) is 10.7. The number of oxazole rings is 1. The molecule has 90 valence electrons. The topological polar surface area (TPSA) is 38.1 Å². The van der Waals surface area contributed by atoms with E-state index in [1.807, 2.05) is 24.3 Å². The van der Waals surface area contributed by atoms with Crippen molar-refractivity contribution in [2.75, 3.05) is 6.54 Å². The lowest BCUT2D eigenvalue weighted by Crippen LogP contribution is -2.13. The predicted octanol–water partition coefficient (Wildman–Crippen LogP) is 3.49. The van der Waals surface area contributed by atoms with E-state index in [9.17, 15) is 0 Å². The van der Waals surface area contributed by atoms with Crippen LogP contribution >= 0.6 is 11.6 Å². The molecule has 1 aromatic heterocycles. The lowest BCUT2D eigenvalue weighted by molar-refractivity contribution is 0.478. The van der Waals surface area contributed by atoms with Gasteiger partial charge in [-0.1, -0.05) is 30.7 Å². The van der Waals surface area contributed by atoms with E-state index in [1.165, 1.54) is 0 Å². The van der Waals surface area contributed by atoms with Crippen LogP contribution in [-0.2, 0) is 6.54 Å². The van der Waals surface area contributed by atoms with Gasteiger partial charge in [-0.25, -0.2) is 4.98 Å². The van der Waals surface area contributed by atoms with Gasteiger partial charge >= 0.3 is 0 Å². The summed E-state index contributed by atoms with van der Waals surface area (Å²) < 4.78 is 5.64. The molecule has 1 heterocycles. The second-order valence-electron chi connectivity index (χ2n) is 3.77. The molecule has 0 aliphatic carbocycles. The van der Waals surface area contributed by atoms with Crippen LogP contribution in [0.15, 0.2) is 34.9 Å². The summed E-state index contributed by atoms with van der Waals surface area (Å²) in [5, 5.41) is 3.92. The molecule has 2 aromatic rings. The fourth-order valence-corrected chi connectivity index (χ4v) is 1.78. The fourth-order valence-electron chi connectivity index (χ4n) is 1.55. The molecule has 0 bridgehead atoms. The van der Waals surface area contributed by atoms with Gasteiger partial charge in [-0.2, -0.15) is 0 Å². The monoisotopic (exact) mass is 250 g/mol. The first-order valence-electron chi connectivity index (χ1n) is 5.71. The van der Waals surface area contributed by atoms with Crippen LogP contribution in [0.4, 0.5) is 0 Å². The molecule has 0 fully saturated rings. The zero-order chi connectivity index (χ0) is 12.1. The molecule has 1 N–H and O–H groups in total. The number of aromatic nitrogens is 1. The van der Waals surface area contributed by atoms with E-state index in [1.54, 1.807) is 6.20 Å². The molecular weight excluding hydrogens is 236 g/mol. The van der Waals surface area contributed by atoms with Crippen LogP contribution in [0.5, 0.6) is 0 Å². The van der Waals surface area contributed by atoms with E-state index < -0.39 is 0 Å².